The first-order valence-electron chi connectivity index (χ1n) is 5.19. The van der Waals surface area contributed by atoms with Crippen molar-refractivity contribution in [2.45, 2.75) is 37.3 Å². The summed E-state index contributed by atoms with van der Waals surface area (Å²) in [4.78, 5) is 3.96. The summed E-state index contributed by atoms with van der Waals surface area (Å²) in [5.41, 5.74) is 0.669. The molecule has 16 heavy (non-hydrogen) atoms. The highest BCUT2D eigenvalue weighted by Crippen LogP contribution is 2.28. The third kappa shape index (κ3) is 2.70. The van der Waals surface area contributed by atoms with E-state index in [2.05, 4.69) is 4.98 Å². The van der Waals surface area contributed by atoms with Crippen LogP contribution in [0.15, 0.2) is 17.2 Å². The fraction of sp³-hybridized carbons (Fsp3) is 0.500. The Morgan fingerprint density at radius 2 is 2.19 bits per heavy atom. The molecule has 88 valence electrons. The number of aryl methyl sites for hydroxylation is 1. The van der Waals surface area contributed by atoms with Crippen LogP contribution in [0.5, 0.6) is 5.75 Å². The number of pyridine rings is 1. The van der Waals surface area contributed by atoms with Gasteiger partial charge in [0.2, 0.25) is 0 Å². The van der Waals surface area contributed by atoms with Crippen molar-refractivity contribution in [3.8, 4) is 5.75 Å². The van der Waals surface area contributed by atoms with Gasteiger partial charge in [-0.25, -0.2) is 18.5 Å². The Labute approximate surface area is 94.7 Å². The molecular formula is C10H14N2O3S. The smallest absolute Gasteiger partial charge is 0.255 e. The molecule has 0 amide bonds. The Bertz CT molecular complexity index is 495. The van der Waals surface area contributed by atoms with E-state index in [1.807, 2.05) is 6.92 Å². The van der Waals surface area contributed by atoms with Crippen LogP contribution in [-0.2, 0) is 16.4 Å². The molecule has 1 saturated carbocycles. The van der Waals surface area contributed by atoms with Crippen molar-refractivity contribution in [1.82, 2.24) is 4.98 Å². The van der Waals surface area contributed by atoms with Crippen LogP contribution >= 0.6 is 0 Å². The zero-order valence-electron chi connectivity index (χ0n) is 9.01. The van der Waals surface area contributed by atoms with E-state index in [4.69, 9.17) is 9.88 Å². The molecule has 2 N–H and O–H groups in total. The summed E-state index contributed by atoms with van der Waals surface area (Å²) in [6.45, 7) is 1.90. The van der Waals surface area contributed by atoms with E-state index in [0.717, 1.165) is 12.8 Å². The summed E-state index contributed by atoms with van der Waals surface area (Å²) >= 11 is 0. The quantitative estimate of drug-likeness (QED) is 0.847. The lowest BCUT2D eigenvalue weighted by atomic mass is 10.3. The van der Waals surface area contributed by atoms with Crippen LogP contribution < -0.4 is 9.88 Å². The average Bonchev–Trinajstić information content (AvgIpc) is 3.00. The number of sulfonamides is 1. The van der Waals surface area contributed by atoms with Crippen LogP contribution in [0.4, 0.5) is 0 Å². The summed E-state index contributed by atoms with van der Waals surface area (Å²) in [7, 11) is -3.76. The van der Waals surface area contributed by atoms with Crippen molar-refractivity contribution in [3.63, 3.8) is 0 Å². The lowest BCUT2D eigenvalue weighted by Gasteiger charge is -2.07. The maximum atomic E-state index is 11.2. The second-order valence-corrected chi connectivity index (χ2v) is 5.36. The highest BCUT2D eigenvalue weighted by molar-refractivity contribution is 7.89. The molecule has 5 nitrogen and oxygen atoms in total. The topological polar surface area (TPSA) is 82.3 Å². The van der Waals surface area contributed by atoms with Crippen molar-refractivity contribution >= 4 is 10.0 Å². The van der Waals surface area contributed by atoms with Crippen molar-refractivity contribution in [2.75, 3.05) is 0 Å². The molecule has 0 saturated heterocycles. The van der Waals surface area contributed by atoms with Gasteiger partial charge in [-0.05, 0) is 19.3 Å². The van der Waals surface area contributed by atoms with Gasteiger partial charge in [0.15, 0.2) is 5.03 Å². The molecule has 6 heteroatoms. The Kier molecular flexibility index (Phi) is 2.86. The van der Waals surface area contributed by atoms with Gasteiger partial charge in [0.1, 0.15) is 5.75 Å². The fourth-order valence-corrected chi connectivity index (χ4v) is 1.83. The monoisotopic (exact) mass is 242 g/mol. The number of hydrogen-bond donors (Lipinski definition) is 1. The van der Waals surface area contributed by atoms with Crippen molar-refractivity contribution in [2.24, 2.45) is 5.14 Å². The van der Waals surface area contributed by atoms with Crippen LogP contribution in [0.3, 0.4) is 0 Å². The zero-order valence-corrected chi connectivity index (χ0v) is 9.83. The SMILES string of the molecule is CCc1cc(OC2CC2)cc(S(N)(=O)=O)n1. The molecule has 1 aliphatic carbocycles. The normalized spacial score (nSPS) is 16.1. The highest BCUT2D eigenvalue weighted by Gasteiger charge is 2.24. The summed E-state index contributed by atoms with van der Waals surface area (Å²) in [6.07, 6.45) is 2.91. The van der Waals surface area contributed by atoms with Gasteiger partial charge >= 0.3 is 0 Å². The predicted molar refractivity (Wildman–Crippen MR) is 58.6 cm³/mol. The Balaban J connectivity index is 2.37. The first kappa shape index (κ1) is 11.3. The van der Waals surface area contributed by atoms with Crippen LogP contribution in [0.25, 0.3) is 0 Å². The Morgan fingerprint density at radius 3 is 2.69 bits per heavy atom. The lowest BCUT2D eigenvalue weighted by Crippen LogP contribution is -2.15. The number of rotatable bonds is 4. The van der Waals surface area contributed by atoms with Gasteiger partial charge in [-0.2, -0.15) is 0 Å². The van der Waals surface area contributed by atoms with Gasteiger partial charge < -0.3 is 4.74 Å². The number of aromatic nitrogens is 1. The fourth-order valence-electron chi connectivity index (χ4n) is 1.31. The lowest BCUT2D eigenvalue weighted by molar-refractivity contribution is 0.301. The zero-order chi connectivity index (χ0) is 11.8. The van der Waals surface area contributed by atoms with Crippen molar-refractivity contribution < 1.29 is 13.2 Å². The van der Waals surface area contributed by atoms with Crippen molar-refractivity contribution in [3.05, 3.63) is 17.8 Å². The van der Waals surface area contributed by atoms with E-state index in [0.29, 0.717) is 17.9 Å². The standard InChI is InChI=1S/C10H14N2O3S/c1-2-7-5-9(15-8-3-4-8)6-10(12-7)16(11,13)14/h5-6,8H,2-4H2,1H3,(H2,11,13,14). The molecule has 1 aromatic heterocycles. The summed E-state index contributed by atoms with van der Waals surface area (Å²) in [5.74, 6) is 0.540. The first-order valence-corrected chi connectivity index (χ1v) is 6.74. The van der Waals surface area contributed by atoms with E-state index in [-0.39, 0.29) is 11.1 Å². The number of nitrogens with two attached hydrogens (primary N) is 1. The first-order chi connectivity index (χ1) is 7.49. The molecule has 0 radical (unpaired) electrons. The largest absolute Gasteiger partial charge is 0.490 e. The molecule has 0 atom stereocenters. The maximum Gasteiger partial charge on any atom is 0.255 e. The van der Waals surface area contributed by atoms with Crippen LogP contribution in [-0.4, -0.2) is 19.5 Å². The minimum absolute atomic E-state index is 0.123. The Hall–Kier alpha value is -1.14. The minimum Gasteiger partial charge on any atom is -0.490 e. The van der Waals surface area contributed by atoms with E-state index in [9.17, 15) is 8.42 Å². The van der Waals surface area contributed by atoms with E-state index < -0.39 is 10.0 Å². The molecule has 0 unspecified atom stereocenters. The Morgan fingerprint density at radius 1 is 1.50 bits per heavy atom. The predicted octanol–water partition coefficient (Wildman–Crippen LogP) is 0.833. The van der Waals surface area contributed by atoms with E-state index in [1.54, 1.807) is 6.07 Å². The van der Waals surface area contributed by atoms with Gasteiger partial charge in [-0.3, -0.25) is 0 Å². The summed E-state index contributed by atoms with van der Waals surface area (Å²) in [5, 5.41) is 4.93. The van der Waals surface area contributed by atoms with Gasteiger partial charge in [-0.15, -0.1) is 0 Å². The third-order valence-corrected chi connectivity index (χ3v) is 3.10. The molecular weight excluding hydrogens is 228 g/mol. The number of hydrogen-bond acceptors (Lipinski definition) is 4. The van der Waals surface area contributed by atoms with Gasteiger partial charge in [0, 0.05) is 17.8 Å². The molecule has 0 bridgehead atoms. The molecule has 0 spiro atoms. The summed E-state index contributed by atoms with van der Waals surface area (Å²) < 4.78 is 28.0. The minimum atomic E-state index is -3.76. The molecule has 2 rings (SSSR count). The van der Waals surface area contributed by atoms with Crippen LogP contribution in [0.1, 0.15) is 25.5 Å². The maximum absolute atomic E-state index is 11.2. The third-order valence-electron chi connectivity index (χ3n) is 2.31. The van der Waals surface area contributed by atoms with Crippen LogP contribution in [0.2, 0.25) is 0 Å². The molecule has 1 aliphatic rings. The van der Waals surface area contributed by atoms with Gasteiger partial charge in [0.05, 0.1) is 6.10 Å². The van der Waals surface area contributed by atoms with Gasteiger partial charge in [0.25, 0.3) is 10.0 Å². The van der Waals surface area contributed by atoms with E-state index in [1.165, 1.54) is 6.07 Å². The molecule has 1 fully saturated rings. The second kappa shape index (κ2) is 4.03. The van der Waals surface area contributed by atoms with E-state index >= 15 is 0 Å². The highest BCUT2D eigenvalue weighted by atomic mass is 32.2. The van der Waals surface area contributed by atoms with Crippen molar-refractivity contribution in [1.29, 1.82) is 0 Å². The molecule has 0 aliphatic heterocycles. The molecule has 0 aromatic carbocycles. The molecule has 1 aromatic rings. The summed E-state index contributed by atoms with van der Waals surface area (Å²) in [6, 6.07) is 3.14. The number of ether oxygens (including phenoxy) is 1. The molecule has 1 heterocycles. The number of nitrogens with zero attached hydrogens (tertiary/aromatic N) is 1. The number of primary sulfonamides is 1. The average molecular weight is 242 g/mol. The van der Waals surface area contributed by atoms with Gasteiger partial charge in [-0.1, -0.05) is 6.92 Å². The second-order valence-electron chi connectivity index (χ2n) is 3.85. The van der Waals surface area contributed by atoms with Crippen LogP contribution in [0, 0.1) is 0 Å².